The Morgan fingerprint density at radius 1 is 1.41 bits per heavy atom. The Morgan fingerprint density at radius 3 is 2.73 bits per heavy atom. The van der Waals surface area contributed by atoms with Gasteiger partial charge in [0.15, 0.2) is 0 Å². The van der Waals surface area contributed by atoms with Gasteiger partial charge in [0.1, 0.15) is 4.33 Å². The van der Waals surface area contributed by atoms with E-state index in [1.807, 2.05) is 4.90 Å². The minimum Gasteiger partial charge on any atom is -0.359 e. The Morgan fingerprint density at radius 2 is 2.14 bits per heavy atom. The maximum absolute atomic E-state index is 11.9. The third-order valence-electron chi connectivity index (χ3n) is 3.74. The van der Waals surface area contributed by atoms with Gasteiger partial charge in [0, 0.05) is 18.8 Å². The molecule has 0 spiro atoms. The molecule has 1 heterocycles. The van der Waals surface area contributed by atoms with Crippen LogP contribution >= 0.6 is 34.8 Å². The smallest absolute Gasteiger partial charge is 0.239 e. The van der Waals surface area contributed by atoms with E-state index in [9.17, 15) is 9.59 Å². The summed E-state index contributed by atoms with van der Waals surface area (Å²) >= 11 is 18.0. The largest absolute Gasteiger partial charge is 0.359 e. The monoisotopic (exact) mass is 361 g/mol. The van der Waals surface area contributed by atoms with Crippen LogP contribution in [0.25, 0.3) is 0 Å². The quantitative estimate of drug-likeness (QED) is 0.812. The van der Waals surface area contributed by atoms with Crippen LogP contribution < -0.4 is 15.5 Å². The number of hydrogen-bond donors (Lipinski definition) is 2. The number of nitrogens with one attached hydrogen (secondary N) is 2. The maximum Gasteiger partial charge on any atom is 0.239 e. The van der Waals surface area contributed by atoms with Gasteiger partial charge in [-0.2, -0.15) is 0 Å². The van der Waals surface area contributed by atoms with Crippen LogP contribution in [0.4, 0.5) is 11.4 Å². The molecule has 118 valence electrons. The number of piperazine rings is 1. The van der Waals surface area contributed by atoms with Crippen molar-refractivity contribution in [3.63, 3.8) is 0 Å². The lowest BCUT2D eigenvalue weighted by Crippen LogP contribution is -2.47. The summed E-state index contributed by atoms with van der Waals surface area (Å²) in [6.45, 7) is 1.55. The first kappa shape index (κ1) is 15.7. The van der Waals surface area contributed by atoms with E-state index >= 15 is 0 Å². The summed E-state index contributed by atoms with van der Waals surface area (Å²) in [5.74, 6) is -0.639. The number of carbonyl (C=O) groups is 2. The van der Waals surface area contributed by atoms with Crippen molar-refractivity contribution in [3.05, 3.63) is 23.2 Å². The molecule has 1 atom stereocenters. The zero-order chi connectivity index (χ0) is 15.9. The normalized spacial score (nSPS) is 23.0. The molecule has 2 fully saturated rings. The fourth-order valence-electron chi connectivity index (χ4n) is 2.41. The molecule has 22 heavy (non-hydrogen) atoms. The summed E-state index contributed by atoms with van der Waals surface area (Å²) in [6, 6.07) is 5.20. The predicted octanol–water partition coefficient (Wildman–Crippen LogP) is 2.41. The van der Waals surface area contributed by atoms with Gasteiger partial charge in [0.2, 0.25) is 11.8 Å². The molecule has 1 aromatic carbocycles. The highest BCUT2D eigenvalue weighted by atomic mass is 35.5. The summed E-state index contributed by atoms with van der Waals surface area (Å²) in [7, 11) is 0. The van der Waals surface area contributed by atoms with Crippen LogP contribution in [0, 0.1) is 5.92 Å². The Bertz CT molecular complexity index is 636. The van der Waals surface area contributed by atoms with Crippen LogP contribution in [0.5, 0.6) is 0 Å². The molecule has 0 aromatic heterocycles. The molecule has 1 unspecified atom stereocenters. The topological polar surface area (TPSA) is 61.4 Å². The minimum absolute atomic E-state index is 0.0333. The number of alkyl halides is 2. The van der Waals surface area contributed by atoms with E-state index in [1.165, 1.54) is 0 Å². The van der Waals surface area contributed by atoms with Gasteiger partial charge in [0.25, 0.3) is 0 Å². The van der Waals surface area contributed by atoms with Gasteiger partial charge in [-0.15, -0.1) is 23.2 Å². The van der Waals surface area contributed by atoms with Gasteiger partial charge in [0.05, 0.1) is 23.2 Å². The van der Waals surface area contributed by atoms with Crippen LogP contribution in [0.15, 0.2) is 18.2 Å². The average molecular weight is 363 g/mol. The molecule has 1 aliphatic carbocycles. The highest BCUT2D eigenvalue weighted by Gasteiger charge is 2.56. The maximum atomic E-state index is 11.9. The average Bonchev–Trinajstić information content (AvgIpc) is 3.08. The van der Waals surface area contributed by atoms with E-state index in [0.717, 1.165) is 5.69 Å². The van der Waals surface area contributed by atoms with Crippen molar-refractivity contribution in [2.45, 2.75) is 10.8 Å². The molecular weight excluding hydrogens is 349 g/mol. The molecule has 8 heteroatoms. The summed E-state index contributed by atoms with van der Waals surface area (Å²) in [5, 5.41) is 5.99. The first-order valence-corrected chi connectivity index (χ1v) is 8.00. The molecule has 0 radical (unpaired) electrons. The summed E-state index contributed by atoms with van der Waals surface area (Å²) < 4.78 is -0.949. The summed E-state index contributed by atoms with van der Waals surface area (Å²) in [6.07, 6.45) is 0.455. The lowest BCUT2D eigenvalue weighted by Gasteiger charge is -2.29. The van der Waals surface area contributed by atoms with Gasteiger partial charge in [-0.1, -0.05) is 11.6 Å². The van der Waals surface area contributed by atoms with Crippen LogP contribution in [0.3, 0.4) is 0 Å². The van der Waals surface area contributed by atoms with E-state index in [4.69, 9.17) is 34.8 Å². The second-order valence-electron chi connectivity index (χ2n) is 5.44. The highest BCUT2D eigenvalue weighted by molar-refractivity contribution is 6.52. The fraction of sp³-hybridized carbons (Fsp3) is 0.429. The zero-order valence-corrected chi connectivity index (χ0v) is 13.8. The lowest BCUT2D eigenvalue weighted by molar-refractivity contribution is -0.120. The molecule has 1 aromatic rings. The van der Waals surface area contributed by atoms with Crippen LogP contribution in [0.2, 0.25) is 5.02 Å². The third-order valence-corrected chi connectivity index (χ3v) is 4.87. The molecule has 1 saturated carbocycles. The number of rotatable bonds is 3. The van der Waals surface area contributed by atoms with Gasteiger partial charge >= 0.3 is 0 Å². The summed E-state index contributed by atoms with van der Waals surface area (Å²) in [5.41, 5.74) is 1.35. The fourth-order valence-corrected chi connectivity index (χ4v) is 3.22. The van der Waals surface area contributed by atoms with Gasteiger partial charge in [-0.25, -0.2) is 0 Å². The molecule has 2 N–H and O–H groups in total. The number of nitrogens with zero attached hydrogens (tertiary/aromatic N) is 1. The van der Waals surface area contributed by atoms with E-state index in [-0.39, 0.29) is 24.3 Å². The first-order valence-electron chi connectivity index (χ1n) is 6.87. The second-order valence-corrected chi connectivity index (χ2v) is 7.39. The minimum atomic E-state index is -0.949. The number of amides is 2. The van der Waals surface area contributed by atoms with Crippen molar-refractivity contribution in [1.29, 1.82) is 0 Å². The Labute approximate surface area is 142 Å². The molecule has 1 aliphatic heterocycles. The summed E-state index contributed by atoms with van der Waals surface area (Å²) in [4.78, 5) is 25.3. The van der Waals surface area contributed by atoms with Gasteiger partial charge in [-0.05, 0) is 24.6 Å². The van der Waals surface area contributed by atoms with Crippen LogP contribution in [-0.4, -0.2) is 35.8 Å². The standard InChI is InChI=1S/C14H14Cl3N3O2/c15-10-5-8(19-13(22)9-6-14(9,16)17)1-2-11(10)20-4-3-18-12(21)7-20/h1-2,5,9H,3-4,6-7H2,(H,18,21)(H,19,22). The SMILES string of the molecule is O=C1CN(c2ccc(NC(=O)C3CC3(Cl)Cl)cc2Cl)CCN1. The molecule has 1 saturated heterocycles. The third kappa shape index (κ3) is 3.26. The number of anilines is 2. The van der Waals surface area contributed by atoms with Gasteiger partial charge < -0.3 is 15.5 Å². The van der Waals surface area contributed by atoms with Crippen molar-refractivity contribution >= 4 is 58.0 Å². The zero-order valence-electron chi connectivity index (χ0n) is 11.5. The van der Waals surface area contributed by atoms with Crippen LogP contribution in [0.1, 0.15) is 6.42 Å². The molecule has 5 nitrogen and oxygen atoms in total. The van der Waals surface area contributed by atoms with Crippen molar-refractivity contribution < 1.29 is 9.59 Å². The van der Waals surface area contributed by atoms with Crippen molar-refractivity contribution in [1.82, 2.24) is 5.32 Å². The van der Waals surface area contributed by atoms with Crippen molar-refractivity contribution in [2.75, 3.05) is 29.9 Å². The van der Waals surface area contributed by atoms with E-state index < -0.39 is 4.33 Å². The van der Waals surface area contributed by atoms with E-state index in [0.29, 0.717) is 30.2 Å². The van der Waals surface area contributed by atoms with Crippen molar-refractivity contribution in [2.24, 2.45) is 5.92 Å². The van der Waals surface area contributed by atoms with E-state index in [1.54, 1.807) is 18.2 Å². The second kappa shape index (κ2) is 5.80. The predicted molar refractivity (Wildman–Crippen MR) is 87.8 cm³/mol. The highest BCUT2D eigenvalue weighted by Crippen LogP contribution is 2.53. The number of halogens is 3. The van der Waals surface area contributed by atoms with E-state index in [2.05, 4.69) is 10.6 Å². The number of hydrogen-bond acceptors (Lipinski definition) is 3. The Hall–Kier alpha value is -1.17. The van der Waals surface area contributed by atoms with Crippen LogP contribution in [-0.2, 0) is 9.59 Å². The molecule has 2 aliphatic rings. The Balaban J connectivity index is 1.69. The van der Waals surface area contributed by atoms with Gasteiger partial charge in [-0.3, -0.25) is 9.59 Å². The molecule has 0 bridgehead atoms. The number of benzene rings is 1. The molecule has 3 rings (SSSR count). The lowest BCUT2D eigenvalue weighted by atomic mass is 10.2. The Kier molecular flexibility index (Phi) is 4.14. The first-order chi connectivity index (χ1) is 10.4. The van der Waals surface area contributed by atoms with Crippen molar-refractivity contribution in [3.8, 4) is 0 Å². The molecular formula is C14H14Cl3N3O2. The number of carbonyl (C=O) groups excluding carboxylic acids is 2. The molecule has 2 amide bonds.